The first-order valence-corrected chi connectivity index (χ1v) is 6.04. The summed E-state index contributed by atoms with van der Waals surface area (Å²) in [6, 6.07) is 0. The van der Waals surface area contributed by atoms with Crippen molar-refractivity contribution in [2.75, 3.05) is 4.43 Å². The quantitative estimate of drug-likeness (QED) is 0.475. The Hall–Kier alpha value is 0.170. The molecule has 1 fully saturated rings. The monoisotopic (exact) mass is 310 g/mol. The van der Waals surface area contributed by atoms with Gasteiger partial charge in [0.05, 0.1) is 6.10 Å². The third-order valence-corrected chi connectivity index (χ3v) is 2.85. The van der Waals surface area contributed by atoms with E-state index in [2.05, 4.69) is 34.4 Å². The fourth-order valence-corrected chi connectivity index (χ4v) is 2.16. The van der Waals surface area contributed by atoms with Crippen LogP contribution in [0.4, 0.5) is 0 Å². The number of ether oxygens (including phenoxy) is 2. The van der Waals surface area contributed by atoms with Gasteiger partial charge in [0, 0.05) is 4.43 Å². The molecule has 0 bridgehead atoms. The maximum Gasteiger partial charge on any atom is 0.163 e. The number of aliphatic hydroxyl groups excluding tert-OH is 1. The van der Waals surface area contributed by atoms with Crippen molar-refractivity contribution in [2.24, 2.45) is 0 Å². The largest absolute Gasteiger partial charge is 0.378 e. The van der Waals surface area contributed by atoms with Gasteiger partial charge in [-0.3, -0.25) is 0 Å². The molecular formula is C10H15IO3. The summed E-state index contributed by atoms with van der Waals surface area (Å²) in [4.78, 5) is 0. The lowest BCUT2D eigenvalue weighted by molar-refractivity contribution is -0.150. The molecule has 3 atom stereocenters. The van der Waals surface area contributed by atoms with Gasteiger partial charge in [-0.2, -0.15) is 0 Å². The molecule has 1 N–H and O–H groups in total. The zero-order valence-corrected chi connectivity index (χ0v) is 10.7. The van der Waals surface area contributed by atoms with Crippen molar-refractivity contribution < 1.29 is 14.6 Å². The second-order valence-corrected chi connectivity index (χ2v) is 4.51. The zero-order chi connectivity index (χ0) is 10.8. The van der Waals surface area contributed by atoms with Crippen molar-refractivity contribution in [1.82, 2.24) is 0 Å². The molecule has 1 heterocycles. The lowest BCUT2D eigenvalue weighted by Crippen LogP contribution is -2.35. The lowest BCUT2D eigenvalue weighted by Gasteiger charge is -2.17. The molecule has 0 aromatic rings. The van der Waals surface area contributed by atoms with Crippen LogP contribution in [0, 0.1) is 11.8 Å². The van der Waals surface area contributed by atoms with E-state index in [0.717, 1.165) is 4.43 Å². The van der Waals surface area contributed by atoms with Gasteiger partial charge in [-0.25, -0.2) is 0 Å². The van der Waals surface area contributed by atoms with Crippen LogP contribution in [0.3, 0.4) is 0 Å². The number of aliphatic hydroxyl groups is 1. The maximum atomic E-state index is 9.70. The summed E-state index contributed by atoms with van der Waals surface area (Å²) >= 11 is 2.22. The van der Waals surface area contributed by atoms with Gasteiger partial charge in [0.2, 0.25) is 0 Å². The minimum absolute atomic E-state index is 0.0820. The van der Waals surface area contributed by atoms with E-state index < -0.39 is 11.9 Å². The highest BCUT2D eigenvalue weighted by Gasteiger charge is 2.43. The Morgan fingerprint density at radius 2 is 2.14 bits per heavy atom. The number of hydrogen-bond acceptors (Lipinski definition) is 3. The summed E-state index contributed by atoms with van der Waals surface area (Å²) in [5.41, 5.74) is 0. The van der Waals surface area contributed by atoms with Gasteiger partial charge in [-0.05, 0) is 20.8 Å². The van der Waals surface area contributed by atoms with E-state index in [4.69, 9.17) is 9.47 Å². The molecule has 1 rings (SSSR count). The molecule has 0 aromatic carbocycles. The van der Waals surface area contributed by atoms with Crippen LogP contribution in [0.25, 0.3) is 0 Å². The van der Waals surface area contributed by atoms with E-state index in [9.17, 15) is 5.11 Å². The van der Waals surface area contributed by atoms with Crippen LogP contribution in [-0.2, 0) is 9.47 Å². The van der Waals surface area contributed by atoms with Crippen molar-refractivity contribution >= 4 is 22.6 Å². The van der Waals surface area contributed by atoms with Crippen molar-refractivity contribution in [2.45, 2.75) is 44.9 Å². The molecule has 1 aliphatic heterocycles. The van der Waals surface area contributed by atoms with E-state index in [1.165, 1.54) is 0 Å². The number of alkyl halides is 1. The first-order valence-electron chi connectivity index (χ1n) is 4.52. The first-order chi connectivity index (χ1) is 6.50. The van der Waals surface area contributed by atoms with Gasteiger partial charge in [0.25, 0.3) is 0 Å². The topological polar surface area (TPSA) is 38.7 Å². The van der Waals surface area contributed by atoms with Crippen LogP contribution in [-0.4, -0.2) is 33.6 Å². The van der Waals surface area contributed by atoms with Gasteiger partial charge >= 0.3 is 0 Å². The molecule has 1 unspecified atom stereocenters. The molecule has 0 radical (unpaired) electrons. The number of rotatable bonds is 2. The van der Waals surface area contributed by atoms with Crippen LogP contribution < -0.4 is 0 Å². The molecule has 0 aromatic heterocycles. The minimum Gasteiger partial charge on any atom is -0.378 e. The van der Waals surface area contributed by atoms with E-state index >= 15 is 0 Å². The van der Waals surface area contributed by atoms with Gasteiger partial charge in [-0.15, -0.1) is 5.92 Å². The molecule has 0 saturated carbocycles. The second kappa shape index (κ2) is 4.79. The fraction of sp³-hybridized carbons (Fsp3) is 0.800. The Morgan fingerprint density at radius 1 is 1.50 bits per heavy atom. The average Bonchev–Trinajstić information content (AvgIpc) is 2.41. The summed E-state index contributed by atoms with van der Waals surface area (Å²) in [6.07, 6.45) is -1.18. The highest BCUT2D eigenvalue weighted by molar-refractivity contribution is 14.1. The summed E-state index contributed by atoms with van der Waals surface area (Å²) in [7, 11) is 0. The van der Waals surface area contributed by atoms with Crippen LogP contribution in [0.15, 0.2) is 0 Å². The van der Waals surface area contributed by atoms with E-state index in [0.29, 0.717) is 0 Å². The standard InChI is InChI=1S/C10H15IO3/c1-4-5-7(12)9-8(6-11)13-10(2,3)14-9/h7-9,12H,6H2,1-3H3/t7?,8-,9-/m0/s1. The highest BCUT2D eigenvalue weighted by atomic mass is 127. The summed E-state index contributed by atoms with van der Waals surface area (Å²) in [5, 5.41) is 9.70. The Bertz CT molecular complexity index is 254. The Morgan fingerprint density at radius 3 is 2.64 bits per heavy atom. The average molecular weight is 310 g/mol. The van der Waals surface area contributed by atoms with E-state index in [-0.39, 0.29) is 12.2 Å². The lowest BCUT2D eigenvalue weighted by atomic mass is 10.1. The molecule has 1 aliphatic rings. The molecule has 0 spiro atoms. The van der Waals surface area contributed by atoms with Gasteiger partial charge in [0.15, 0.2) is 5.79 Å². The molecule has 3 nitrogen and oxygen atoms in total. The summed E-state index contributed by atoms with van der Waals surface area (Å²) in [5.74, 6) is 4.75. The second-order valence-electron chi connectivity index (χ2n) is 3.63. The number of halogens is 1. The maximum absolute atomic E-state index is 9.70. The molecule has 4 heteroatoms. The zero-order valence-electron chi connectivity index (χ0n) is 8.58. The summed E-state index contributed by atoms with van der Waals surface area (Å²) in [6.45, 7) is 5.39. The third-order valence-electron chi connectivity index (χ3n) is 1.98. The van der Waals surface area contributed by atoms with Crippen LogP contribution >= 0.6 is 22.6 Å². The number of hydrogen-bond donors (Lipinski definition) is 1. The Balaban J connectivity index is 2.71. The van der Waals surface area contributed by atoms with Crippen molar-refractivity contribution in [3.8, 4) is 11.8 Å². The minimum atomic E-state index is -0.762. The van der Waals surface area contributed by atoms with Crippen molar-refractivity contribution in [1.29, 1.82) is 0 Å². The van der Waals surface area contributed by atoms with Gasteiger partial charge < -0.3 is 14.6 Å². The van der Waals surface area contributed by atoms with E-state index in [1.807, 2.05) is 13.8 Å². The van der Waals surface area contributed by atoms with Gasteiger partial charge in [-0.1, -0.05) is 28.5 Å². The molecular weight excluding hydrogens is 295 g/mol. The van der Waals surface area contributed by atoms with Crippen LogP contribution in [0.2, 0.25) is 0 Å². The molecule has 0 aliphatic carbocycles. The van der Waals surface area contributed by atoms with Crippen molar-refractivity contribution in [3.63, 3.8) is 0 Å². The molecule has 14 heavy (non-hydrogen) atoms. The van der Waals surface area contributed by atoms with Crippen LogP contribution in [0.5, 0.6) is 0 Å². The highest BCUT2D eigenvalue weighted by Crippen LogP contribution is 2.30. The predicted octanol–water partition coefficient (Wildman–Crippen LogP) is 1.33. The van der Waals surface area contributed by atoms with Crippen LogP contribution in [0.1, 0.15) is 20.8 Å². The molecule has 80 valence electrons. The predicted molar refractivity (Wildman–Crippen MR) is 62.2 cm³/mol. The molecule has 1 saturated heterocycles. The Kier molecular flexibility index (Phi) is 4.19. The van der Waals surface area contributed by atoms with E-state index in [1.54, 1.807) is 6.92 Å². The normalized spacial score (nSPS) is 32.1. The fourth-order valence-electron chi connectivity index (χ4n) is 1.48. The van der Waals surface area contributed by atoms with Crippen molar-refractivity contribution in [3.05, 3.63) is 0 Å². The third kappa shape index (κ3) is 2.83. The van der Waals surface area contributed by atoms with Gasteiger partial charge in [0.1, 0.15) is 12.2 Å². The Labute approximate surface area is 98.3 Å². The summed E-state index contributed by atoms with van der Waals surface area (Å²) < 4.78 is 12.0. The SMILES string of the molecule is CC#CC(O)[C@@H]1OC(C)(C)O[C@H]1CI. The smallest absolute Gasteiger partial charge is 0.163 e. The molecule has 0 amide bonds. The first kappa shape index (κ1) is 12.2.